The van der Waals surface area contributed by atoms with E-state index in [1.807, 2.05) is 0 Å². The standard InChI is InChI=1S/C19H29N4/c1-19-18-20-8-5-9-21(18)12-14-23(19,15-13-22(19)11-10-20)16-17-6-3-2-4-7-17/h2-4,6-7,18H,5,8-16H2,1H3/q+1/t18-,19+,23?/m0/s1. The Bertz CT molecular complexity index is 584. The quantitative estimate of drug-likeness (QED) is 0.764. The fraction of sp³-hybridized carbons (Fsp3) is 0.684. The Hall–Kier alpha value is -0.940. The molecule has 4 aliphatic heterocycles. The van der Waals surface area contributed by atoms with Crippen molar-refractivity contribution in [2.45, 2.75) is 31.7 Å². The number of piperazine rings is 2. The van der Waals surface area contributed by atoms with Gasteiger partial charge in [0, 0.05) is 45.2 Å². The van der Waals surface area contributed by atoms with Crippen LogP contribution >= 0.6 is 0 Å². The number of quaternary nitrogens is 1. The van der Waals surface area contributed by atoms with E-state index in [1.165, 1.54) is 75.4 Å². The molecule has 23 heavy (non-hydrogen) atoms. The summed E-state index contributed by atoms with van der Waals surface area (Å²) in [5.41, 5.74) is 1.78. The molecule has 1 unspecified atom stereocenters. The van der Waals surface area contributed by atoms with E-state index in [9.17, 15) is 0 Å². The molecule has 0 spiro atoms. The van der Waals surface area contributed by atoms with Crippen molar-refractivity contribution < 1.29 is 4.48 Å². The van der Waals surface area contributed by atoms with Crippen LogP contribution in [0.25, 0.3) is 0 Å². The second-order valence-electron chi connectivity index (χ2n) is 8.12. The van der Waals surface area contributed by atoms with E-state index in [4.69, 9.17) is 0 Å². The van der Waals surface area contributed by atoms with Gasteiger partial charge in [-0.1, -0.05) is 30.3 Å². The maximum atomic E-state index is 2.83. The van der Waals surface area contributed by atoms with Gasteiger partial charge >= 0.3 is 0 Å². The third-order valence-corrected chi connectivity index (χ3v) is 7.27. The predicted molar refractivity (Wildman–Crippen MR) is 91.7 cm³/mol. The molecule has 1 aromatic carbocycles. The van der Waals surface area contributed by atoms with E-state index >= 15 is 0 Å². The molecule has 4 fully saturated rings. The molecule has 4 heteroatoms. The smallest absolute Gasteiger partial charge is 0.182 e. The Labute approximate surface area is 139 Å². The number of rotatable bonds is 2. The molecule has 5 rings (SSSR count). The lowest BCUT2D eigenvalue weighted by Crippen LogP contribution is -2.83. The van der Waals surface area contributed by atoms with Gasteiger partial charge in [-0.3, -0.25) is 14.3 Å². The summed E-state index contributed by atoms with van der Waals surface area (Å²) in [5.74, 6) is 0. The minimum atomic E-state index is 0.271. The monoisotopic (exact) mass is 313 g/mol. The number of hydrogen-bond acceptors (Lipinski definition) is 3. The molecule has 4 nitrogen and oxygen atoms in total. The molecule has 0 saturated carbocycles. The summed E-state index contributed by atoms with van der Waals surface area (Å²) in [5, 5.41) is 0. The molecule has 0 aliphatic carbocycles. The Balaban J connectivity index is 1.56. The molecular weight excluding hydrogens is 284 g/mol. The van der Waals surface area contributed by atoms with Crippen LogP contribution in [0.4, 0.5) is 0 Å². The minimum absolute atomic E-state index is 0.271. The molecule has 0 bridgehead atoms. The SMILES string of the molecule is C[C@]12[C@H]3N4CCCN3CC[N+]1(Cc1ccccc1)CCN2CC4. The lowest BCUT2D eigenvalue weighted by atomic mass is 9.91. The zero-order valence-electron chi connectivity index (χ0n) is 14.3. The van der Waals surface area contributed by atoms with Crippen molar-refractivity contribution >= 4 is 0 Å². The first-order valence-electron chi connectivity index (χ1n) is 9.36. The van der Waals surface area contributed by atoms with Gasteiger partial charge in [-0.25, -0.2) is 4.90 Å². The Kier molecular flexibility index (Phi) is 3.15. The Morgan fingerprint density at radius 3 is 2.52 bits per heavy atom. The van der Waals surface area contributed by atoms with Crippen molar-refractivity contribution in [1.82, 2.24) is 14.7 Å². The molecule has 1 aromatic rings. The number of nitrogens with zero attached hydrogens (tertiary/aromatic N) is 4. The highest BCUT2D eigenvalue weighted by Crippen LogP contribution is 2.47. The number of benzene rings is 1. The van der Waals surface area contributed by atoms with Crippen molar-refractivity contribution in [1.29, 1.82) is 0 Å². The van der Waals surface area contributed by atoms with Gasteiger partial charge in [0.1, 0.15) is 12.7 Å². The molecule has 4 heterocycles. The zero-order valence-corrected chi connectivity index (χ0v) is 14.3. The van der Waals surface area contributed by atoms with Crippen LogP contribution in [0.1, 0.15) is 18.9 Å². The van der Waals surface area contributed by atoms with Crippen molar-refractivity contribution in [3.63, 3.8) is 0 Å². The van der Waals surface area contributed by atoms with Crippen molar-refractivity contribution in [3.8, 4) is 0 Å². The van der Waals surface area contributed by atoms with Gasteiger partial charge in [-0.15, -0.1) is 0 Å². The topological polar surface area (TPSA) is 9.72 Å². The molecule has 0 amide bonds. The summed E-state index contributed by atoms with van der Waals surface area (Å²) in [6.45, 7) is 14.1. The molecule has 124 valence electrons. The molecule has 3 atom stereocenters. The normalized spacial score (nSPS) is 41.0. The first-order valence-corrected chi connectivity index (χ1v) is 9.36. The van der Waals surface area contributed by atoms with Crippen LogP contribution in [-0.2, 0) is 6.54 Å². The second-order valence-corrected chi connectivity index (χ2v) is 8.12. The average molecular weight is 313 g/mol. The number of hydrogen-bond donors (Lipinski definition) is 0. The van der Waals surface area contributed by atoms with Crippen molar-refractivity contribution in [2.24, 2.45) is 0 Å². The first-order chi connectivity index (χ1) is 11.2. The van der Waals surface area contributed by atoms with Crippen LogP contribution < -0.4 is 0 Å². The van der Waals surface area contributed by atoms with Gasteiger partial charge < -0.3 is 0 Å². The predicted octanol–water partition coefficient (Wildman–Crippen LogP) is 1.40. The molecule has 4 saturated heterocycles. The molecule has 0 aromatic heterocycles. The van der Waals surface area contributed by atoms with Crippen molar-refractivity contribution in [2.75, 3.05) is 52.4 Å². The van der Waals surface area contributed by atoms with Crippen LogP contribution in [0.3, 0.4) is 0 Å². The lowest BCUT2D eigenvalue weighted by molar-refractivity contribution is -0.991. The summed E-state index contributed by atoms with van der Waals surface area (Å²) < 4.78 is 1.27. The third-order valence-electron chi connectivity index (χ3n) is 7.27. The van der Waals surface area contributed by atoms with Gasteiger partial charge in [-0.05, 0) is 6.42 Å². The van der Waals surface area contributed by atoms with Gasteiger partial charge in [-0.2, -0.15) is 0 Å². The zero-order chi connectivity index (χ0) is 15.5. The van der Waals surface area contributed by atoms with E-state index in [0.717, 1.165) is 0 Å². The minimum Gasteiger partial charge on any atom is -0.298 e. The molecular formula is C19H29N4+. The van der Waals surface area contributed by atoms with E-state index in [0.29, 0.717) is 6.17 Å². The van der Waals surface area contributed by atoms with E-state index in [2.05, 4.69) is 52.0 Å². The van der Waals surface area contributed by atoms with E-state index in [-0.39, 0.29) is 5.66 Å². The van der Waals surface area contributed by atoms with Gasteiger partial charge in [0.15, 0.2) is 5.66 Å². The van der Waals surface area contributed by atoms with Crippen LogP contribution in [0.2, 0.25) is 0 Å². The lowest BCUT2D eigenvalue weighted by Gasteiger charge is -2.64. The van der Waals surface area contributed by atoms with Gasteiger partial charge in [0.2, 0.25) is 0 Å². The first kappa shape index (κ1) is 14.4. The summed E-state index contributed by atoms with van der Waals surface area (Å²) in [6.07, 6.45) is 1.98. The maximum absolute atomic E-state index is 2.83. The highest BCUT2D eigenvalue weighted by atomic mass is 15.7. The third kappa shape index (κ3) is 1.86. The van der Waals surface area contributed by atoms with Gasteiger partial charge in [0.25, 0.3) is 0 Å². The highest BCUT2D eigenvalue weighted by molar-refractivity contribution is 5.14. The maximum Gasteiger partial charge on any atom is 0.182 e. The highest BCUT2D eigenvalue weighted by Gasteiger charge is 2.67. The fourth-order valence-electron chi connectivity index (χ4n) is 6.08. The summed E-state index contributed by atoms with van der Waals surface area (Å²) >= 11 is 0. The second kappa shape index (κ2) is 5.03. The van der Waals surface area contributed by atoms with Gasteiger partial charge in [0.05, 0.1) is 19.6 Å². The Morgan fingerprint density at radius 1 is 0.957 bits per heavy atom. The fourth-order valence-corrected chi connectivity index (χ4v) is 6.08. The average Bonchev–Trinajstić information content (AvgIpc) is 2.88. The van der Waals surface area contributed by atoms with Crippen LogP contribution in [0.5, 0.6) is 0 Å². The summed E-state index contributed by atoms with van der Waals surface area (Å²) in [6, 6.07) is 11.2. The van der Waals surface area contributed by atoms with Crippen molar-refractivity contribution in [3.05, 3.63) is 35.9 Å². The van der Waals surface area contributed by atoms with Crippen LogP contribution in [0, 0.1) is 0 Å². The molecule has 0 N–H and O–H groups in total. The summed E-state index contributed by atoms with van der Waals surface area (Å²) in [7, 11) is 0. The van der Waals surface area contributed by atoms with Crippen LogP contribution in [-0.4, -0.2) is 83.4 Å². The molecule has 4 aliphatic rings. The van der Waals surface area contributed by atoms with E-state index < -0.39 is 0 Å². The molecule has 0 radical (unpaired) electrons. The van der Waals surface area contributed by atoms with Crippen LogP contribution in [0.15, 0.2) is 30.3 Å². The van der Waals surface area contributed by atoms with E-state index in [1.54, 1.807) is 0 Å². The summed E-state index contributed by atoms with van der Waals surface area (Å²) in [4.78, 5) is 8.42. The largest absolute Gasteiger partial charge is 0.298 e. The Morgan fingerprint density at radius 2 is 1.70 bits per heavy atom.